The third-order valence-corrected chi connectivity index (χ3v) is 2.84. The van der Waals surface area contributed by atoms with Crippen molar-refractivity contribution in [1.82, 2.24) is 20.8 Å². The second-order valence-electron chi connectivity index (χ2n) is 4.78. The highest BCUT2D eigenvalue weighted by molar-refractivity contribution is 5.90. The van der Waals surface area contributed by atoms with E-state index < -0.39 is 0 Å². The van der Waals surface area contributed by atoms with Crippen LogP contribution < -0.4 is 10.6 Å². The Hall–Kier alpha value is -1.47. The molecule has 1 atom stereocenters. The summed E-state index contributed by atoms with van der Waals surface area (Å²) in [4.78, 5) is 15.9. The van der Waals surface area contributed by atoms with Crippen molar-refractivity contribution >= 4 is 5.91 Å². The molecule has 1 saturated heterocycles. The number of carbonyl (C=O) groups is 1. The summed E-state index contributed by atoms with van der Waals surface area (Å²) in [5, 5.41) is 9.63. The standard InChI is InChI=1S/C12H20N4O3/c1-8(2)18-7-6-14-11(17)10-15-12(19-16-10)9-4-3-5-13-9/h8-9,13H,3-7H2,1-2H3,(H,14,17). The molecule has 0 aromatic carbocycles. The van der Waals surface area contributed by atoms with E-state index >= 15 is 0 Å². The predicted molar refractivity (Wildman–Crippen MR) is 67.7 cm³/mol. The first-order valence-electron chi connectivity index (χ1n) is 6.63. The van der Waals surface area contributed by atoms with Crippen molar-refractivity contribution in [1.29, 1.82) is 0 Å². The average Bonchev–Trinajstić information content (AvgIpc) is 3.03. The first kappa shape index (κ1) is 14.0. The molecular weight excluding hydrogens is 248 g/mol. The van der Waals surface area contributed by atoms with Crippen molar-refractivity contribution in [2.75, 3.05) is 19.7 Å². The van der Waals surface area contributed by atoms with E-state index in [0.29, 0.717) is 19.0 Å². The number of hydrogen-bond donors (Lipinski definition) is 2. The summed E-state index contributed by atoms with van der Waals surface area (Å²) in [5.74, 6) is 0.231. The Morgan fingerprint density at radius 1 is 1.63 bits per heavy atom. The van der Waals surface area contributed by atoms with E-state index in [-0.39, 0.29) is 23.9 Å². The maximum atomic E-state index is 11.7. The largest absolute Gasteiger partial charge is 0.377 e. The van der Waals surface area contributed by atoms with E-state index in [9.17, 15) is 4.79 Å². The van der Waals surface area contributed by atoms with Crippen LogP contribution in [0.2, 0.25) is 0 Å². The van der Waals surface area contributed by atoms with E-state index in [4.69, 9.17) is 9.26 Å². The molecule has 2 N–H and O–H groups in total. The van der Waals surface area contributed by atoms with Gasteiger partial charge in [-0.2, -0.15) is 4.98 Å². The Morgan fingerprint density at radius 3 is 3.16 bits per heavy atom. The van der Waals surface area contributed by atoms with Crippen molar-refractivity contribution in [3.05, 3.63) is 11.7 Å². The molecule has 2 rings (SSSR count). The second kappa shape index (κ2) is 6.63. The summed E-state index contributed by atoms with van der Waals surface area (Å²) in [5.41, 5.74) is 0. The van der Waals surface area contributed by atoms with Gasteiger partial charge in [-0.15, -0.1) is 0 Å². The van der Waals surface area contributed by atoms with E-state index in [1.807, 2.05) is 13.8 Å². The highest BCUT2D eigenvalue weighted by Crippen LogP contribution is 2.20. The Labute approximate surface area is 112 Å². The highest BCUT2D eigenvalue weighted by atomic mass is 16.5. The topological polar surface area (TPSA) is 89.3 Å². The Balaban J connectivity index is 1.79. The van der Waals surface area contributed by atoms with Crippen molar-refractivity contribution in [3.63, 3.8) is 0 Å². The van der Waals surface area contributed by atoms with Crippen LogP contribution in [0.15, 0.2) is 4.52 Å². The van der Waals surface area contributed by atoms with E-state index in [1.54, 1.807) is 0 Å². The van der Waals surface area contributed by atoms with Gasteiger partial charge in [0.15, 0.2) is 0 Å². The minimum atomic E-state index is -0.333. The van der Waals surface area contributed by atoms with Gasteiger partial charge in [-0.05, 0) is 33.2 Å². The Morgan fingerprint density at radius 2 is 2.47 bits per heavy atom. The molecule has 0 radical (unpaired) electrons. The van der Waals surface area contributed by atoms with Crippen molar-refractivity contribution in [2.24, 2.45) is 0 Å². The summed E-state index contributed by atoms with van der Waals surface area (Å²) in [7, 11) is 0. The number of nitrogens with one attached hydrogen (secondary N) is 2. The number of rotatable bonds is 6. The van der Waals surface area contributed by atoms with Crippen LogP contribution >= 0.6 is 0 Å². The average molecular weight is 268 g/mol. The fraction of sp³-hybridized carbons (Fsp3) is 0.750. The first-order chi connectivity index (χ1) is 9.16. The molecule has 19 heavy (non-hydrogen) atoms. The molecular formula is C12H20N4O3. The summed E-state index contributed by atoms with van der Waals surface area (Å²) >= 11 is 0. The molecule has 0 spiro atoms. The van der Waals surface area contributed by atoms with Gasteiger partial charge in [-0.1, -0.05) is 5.16 Å². The van der Waals surface area contributed by atoms with Crippen LogP contribution in [0.4, 0.5) is 0 Å². The smallest absolute Gasteiger partial charge is 0.292 e. The molecule has 1 amide bonds. The quantitative estimate of drug-likeness (QED) is 0.736. The van der Waals surface area contributed by atoms with Crippen LogP contribution in [0.3, 0.4) is 0 Å². The van der Waals surface area contributed by atoms with Gasteiger partial charge in [0.1, 0.15) is 0 Å². The number of hydrogen-bond acceptors (Lipinski definition) is 6. The van der Waals surface area contributed by atoms with Gasteiger partial charge in [0.25, 0.3) is 11.7 Å². The molecule has 2 heterocycles. The maximum Gasteiger partial charge on any atom is 0.292 e. The SMILES string of the molecule is CC(C)OCCNC(=O)c1noc(C2CCCN2)n1. The lowest BCUT2D eigenvalue weighted by Gasteiger charge is -2.07. The van der Waals surface area contributed by atoms with Crippen molar-refractivity contribution in [2.45, 2.75) is 38.8 Å². The molecule has 7 heteroatoms. The normalized spacial score (nSPS) is 19.0. The number of amides is 1. The molecule has 1 aromatic rings. The van der Waals surface area contributed by atoms with Crippen LogP contribution in [-0.2, 0) is 4.74 Å². The van der Waals surface area contributed by atoms with Gasteiger partial charge >= 0.3 is 0 Å². The number of carbonyl (C=O) groups excluding carboxylic acids is 1. The maximum absolute atomic E-state index is 11.7. The van der Waals surface area contributed by atoms with Crippen molar-refractivity contribution in [3.8, 4) is 0 Å². The zero-order valence-corrected chi connectivity index (χ0v) is 11.3. The van der Waals surface area contributed by atoms with Gasteiger partial charge in [0.05, 0.1) is 18.8 Å². The lowest BCUT2D eigenvalue weighted by molar-refractivity contribution is 0.0741. The molecule has 1 fully saturated rings. The molecule has 1 aromatic heterocycles. The molecule has 0 bridgehead atoms. The summed E-state index contributed by atoms with van der Waals surface area (Å²) in [6, 6.07) is 0.0818. The minimum absolute atomic E-state index is 0.0771. The number of ether oxygens (including phenoxy) is 1. The lowest BCUT2D eigenvalue weighted by Crippen LogP contribution is -2.29. The third kappa shape index (κ3) is 4.00. The van der Waals surface area contributed by atoms with Gasteiger partial charge in [0, 0.05) is 6.54 Å². The molecule has 0 aliphatic carbocycles. The van der Waals surface area contributed by atoms with E-state index in [1.165, 1.54) is 0 Å². The number of aromatic nitrogens is 2. The van der Waals surface area contributed by atoms with E-state index in [0.717, 1.165) is 19.4 Å². The van der Waals surface area contributed by atoms with Crippen LogP contribution in [0.25, 0.3) is 0 Å². The second-order valence-corrected chi connectivity index (χ2v) is 4.78. The molecule has 1 aliphatic heterocycles. The molecule has 1 aliphatic rings. The monoisotopic (exact) mass is 268 g/mol. The van der Waals surface area contributed by atoms with Gasteiger partial charge in [0.2, 0.25) is 5.89 Å². The molecule has 1 unspecified atom stereocenters. The lowest BCUT2D eigenvalue weighted by atomic mass is 10.2. The predicted octanol–water partition coefficient (Wildman–Crippen LogP) is 0.649. The summed E-state index contributed by atoms with van der Waals surface area (Å²) < 4.78 is 10.4. The van der Waals surface area contributed by atoms with Crippen LogP contribution in [0, 0.1) is 0 Å². The molecule has 106 valence electrons. The van der Waals surface area contributed by atoms with E-state index in [2.05, 4.69) is 20.8 Å². The Kier molecular flexibility index (Phi) is 4.86. The zero-order chi connectivity index (χ0) is 13.7. The number of nitrogens with zero attached hydrogens (tertiary/aromatic N) is 2. The van der Waals surface area contributed by atoms with Gasteiger partial charge in [-0.25, -0.2) is 0 Å². The summed E-state index contributed by atoms with van der Waals surface area (Å²) in [6.45, 7) is 5.74. The molecule has 7 nitrogen and oxygen atoms in total. The van der Waals surface area contributed by atoms with Crippen LogP contribution in [-0.4, -0.2) is 41.8 Å². The Bertz CT molecular complexity index is 413. The van der Waals surface area contributed by atoms with Crippen LogP contribution in [0.5, 0.6) is 0 Å². The fourth-order valence-electron chi connectivity index (χ4n) is 1.90. The van der Waals surface area contributed by atoms with Crippen LogP contribution in [0.1, 0.15) is 49.2 Å². The zero-order valence-electron chi connectivity index (χ0n) is 11.3. The molecule has 0 saturated carbocycles. The van der Waals surface area contributed by atoms with Crippen molar-refractivity contribution < 1.29 is 14.1 Å². The highest BCUT2D eigenvalue weighted by Gasteiger charge is 2.24. The minimum Gasteiger partial charge on any atom is -0.377 e. The first-order valence-corrected chi connectivity index (χ1v) is 6.63. The van der Waals surface area contributed by atoms with Gasteiger partial charge < -0.3 is 19.9 Å². The van der Waals surface area contributed by atoms with Gasteiger partial charge in [-0.3, -0.25) is 4.79 Å². The summed E-state index contributed by atoms with van der Waals surface area (Å²) in [6.07, 6.45) is 2.20. The third-order valence-electron chi connectivity index (χ3n) is 2.84. The fourth-order valence-corrected chi connectivity index (χ4v) is 1.90.